The minimum absolute atomic E-state index is 0.106. The molecule has 1 fully saturated rings. The lowest BCUT2D eigenvalue weighted by Crippen LogP contribution is -2.39. The van der Waals surface area contributed by atoms with Crippen LogP contribution in [0.25, 0.3) is 0 Å². The zero-order valence-corrected chi connectivity index (χ0v) is 16.3. The van der Waals surface area contributed by atoms with Crippen molar-refractivity contribution in [2.75, 3.05) is 13.1 Å². The molecular weight excluding hydrogens is 354 g/mol. The Morgan fingerprint density at radius 2 is 2.11 bits per heavy atom. The lowest BCUT2D eigenvalue weighted by atomic mass is 9.97. The van der Waals surface area contributed by atoms with Gasteiger partial charge in [0.2, 0.25) is 5.76 Å². The third kappa shape index (κ3) is 4.01. The number of hydrogen-bond donors (Lipinski definition) is 0. The van der Waals surface area contributed by atoms with Gasteiger partial charge in [0.1, 0.15) is 5.76 Å². The van der Waals surface area contributed by atoms with E-state index >= 15 is 0 Å². The number of benzene rings is 1. The molecule has 1 aromatic carbocycles. The number of likely N-dealkylation sites (tertiary alicyclic amines) is 1. The van der Waals surface area contributed by atoms with Gasteiger partial charge in [-0.05, 0) is 24.3 Å². The maximum absolute atomic E-state index is 12.8. The zero-order valence-electron chi connectivity index (χ0n) is 16.3. The van der Waals surface area contributed by atoms with Crippen LogP contribution in [0.4, 0.5) is 0 Å². The van der Waals surface area contributed by atoms with Crippen LogP contribution in [-0.2, 0) is 6.42 Å². The van der Waals surface area contributed by atoms with Crippen LogP contribution in [0.3, 0.4) is 0 Å². The molecule has 0 unspecified atom stereocenters. The molecule has 6 nitrogen and oxygen atoms in total. The van der Waals surface area contributed by atoms with Gasteiger partial charge in [-0.2, -0.15) is 0 Å². The smallest absolute Gasteiger partial charge is 0.292 e. The Morgan fingerprint density at radius 1 is 1.29 bits per heavy atom. The van der Waals surface area contributed by atoms with E-state index in [1.54, 1.807) is 12.3 Å². The van der Waals surface area contributed by atoms with E-state index in [1.165, 1.54) is 5.56 Å². The lowest BCUT2D eigenvalue weighted by Gasteiger charge is -2.30. The van der Waals surface area contributed by atoms with E-state index in [1.807, 2.05) is 36.9 Å². The van der Waals surface area contributed by atoms with E-state index in [0.717, 1.165) is 30.7 Å². The van der Waals surface area contributed by atoms with Crippen LogP contribution in [-0.4, -0.2) is 34.0 Å². The van der Waals surface area contributed by atoms with Crippen LogP contribution in [0.2, 0.25) is 0 Å². The Labute approximate surface area is 164 Å². The number of nitrogens with zero attached hydrogens (tertiary/aromatic N) is 3. The van der Waals surface area contributed by atoms with Crippen LogP contribution in [0.1, 0.15) is 72.0 Å². The highest BCUT2D eigenvalue weighted by Crippen LogP contribution is 2.28. The number of oxazole rings is 1. The average Bonchev–Trinajstić information content (AvgIpc) is 3.38. The fraction of sp³-hybridized carbons (Fsp3) is 0.409. The maximum atomic E-state index is 12.8. The van der Waals surface area contributed by atoms with Gasteiger partial charge < -0.3 is 13.8 Å². The SMILES string of the molecule is CC(C)c1cc(C(=O)N2CCC[C@H](c3ncc(Cc4ccccc4)o3)C2)on1. The molecular formula is C22H25N3O3. The molecule has 0 aliphatic carbocycles. The standard InChI is InChI=1S/C22H25N3O3/c1-15(2)19-12-20(28-24-19)22(26)25-10-6-9-17(14-25)21-23-13-18(27-21)11-16-7-4-3-5-8-16/h3-5,7-8,12-13,15,17H,6,9-11,14H2,1-2H3/t17-/m0/s1. The van der Waals surface area contributed by atoms with Crippen LogP contribution in [0.15, 0.2) is 51.5 Å². The summed E-state index contributed by atoms with van der Waals surface area (Å²) in [6.45, 7) is 5.35. The van der Waals surface area contributed by atoms with Gasteiger partial charge >= 0.3 is 0 Å². The normalized spacial score (nSPS) is 17.2. The quantitative estimate of drug-likeness (QED) is 0.657. The van der Waals surface area contributed by atoms with Gasteiger partial charge in [-0.3, -0.25) is 4.79 Å². The molecule has 0 N–H and O–H groups in total. The molecule has 0 bridgehead atoms. The van der Waals surface area contributed by atoms with Crippen molar-refractivity contribution in [3.8, 4) is 0 Å². The van der Waals surface area contributed by atoms with Crippen molar-refractivity contribution in [2.24, 2.45) is 0 Å². The first-order chi connectivity index (χ1) is 13.6. The topological polar surface area (TPSA) is 72.4 Å². The van der Waals surface area contributed by atoms with Crippen LogP contribution in [0.5, 0.6) is 0 Å². The van der Waals surface area contributed by atoms with E-state index in [0.29, 0.717) is 24.7 Å². The second-order valence-corrected chi connectivity index (χ2v) is 7.69. The molecule has 0 spiro atoms. The van der Waals surface area contributed by atoms with Gasteiger partial charge in [-0.1, -0.05) is 49.3 Å². The molecule has 3 heterocycles. The number of carbonyl (C=O) groups excluding carboxylic acids is 1. The van der Waals surface area contributed by atoms with Crippen LogP contribution < -0.4 is 0 Å². The first-order valence-electron chi connectivity index (χ1n) is 9.84. The largest absolute Gasteiger partial charge is 0.445 e. The fourth-order valence-electron chi connectivity index (χ4n) is 3.57. The zero-order chi connectivity index (χ0) is 19.5. The summed E-state index contributed by atoms with van der Waals surface area (Å²) < 4.78 is 11.3. The summed E-state index contributed by atoms with van der Waals surface area (Å²) in [6.07, 6.45) is 4.40. The molecule has 1 amide bonds. The van der Waals surface area contributed by atoms with Crippen LogP contribution >= 0.6 is 0 Å². The summed E-state index contributed by atoms with van der Waals surface area (Å²) >= 11 is 0. The third-order valence-corrected chi connectivity index (χ3v) is 5.18. The molecule has 4 rings (SSSR count). The average molecular weight is 379 g/mol. The second kappa shape index (κ2) is 8.00. The highest BCUT2D eigenvalue weighted by molar-refractivity contribution is 5.91. The van der Waals surface area contributed by atoms with Gasteiger partial charge in [0.05, 0.1) is 17.8 Å². The number of aromatic nitrogens is 2. The Balaban J connectivity index is 1.43. The minimum atomic E-state index is -0.111. The fourth-order valence-corrected chi connectivity index (χ4v) is 3.57. The number of amides is 1. The first-order valence-corrected chi connectivity index (χ1v) is 9.84. The van der Waals surface area contributed by atoms with Crippen molar-refractivity contribution in [3.63, 3.8) is 0 Å². The predicted molar refractivity (Wildman–Crippen MR) is 104 cm³/mol. The molecule has 146 valence electrons. The van der Waals surface area contributed by atoms with E-state index in [4.69, 9.17) is 8.94 Å². The van der Waals surface area contributed by atoms with Gasteiger partial charge in [0.25, 0.3) is 5.91 Å². The van der Waals surface area contributed by atoms with E-state index < -0.39 is 0 Å². The number of hydrogen-bond acceptors (Lipinski definition) is 5. The maximum Gasteiger partial charge on any atom is 0.292 e. The Morgan fingerprint density at radius 3 is 2.86 bits per heavy atom. The minimum Gasteiger partial charge on any atom is -0.445 e. The molecule has 1 saturated heterocycles. The van der Waals surface area contributed by atoms with Gasteiger partial charge in [-0.25, -0.2) is 4.98 Å². The van der Waals surface area contributed by atoms with E-state index in [2.05, 4.69) is 22.3 Å². The molecule has 0 saturated carbocycles. The second-order valence-electron chi connectivity index (χ2n) is 7.69. The predicted octanol–water partition coefficient (Wildman–Crippen LogP) is 4.40. The van der Waals surface area contributed by atoms with Crippen molar-refractivity contribution in [2.45, 2.75) is 44.9 Å². The van der Waals surface area contributed by atoms with E-state index in [9.17, 15) is 4.79 Å². The first kappa shape index (κ1) is 18.5. The van der Waals surface area contributed by atoms with Crippen molar-refractivity contribution in [3.05, 3.63) is 71.3 Å². The van der Waals surface area contributed by atoms with Gasteiger partial charge in [-0.15, -0.1) is 0 Å². The van der Waals surface area contributed by atoms with Gasteiger partial charge in [0, 0.05) is 25.6 Å². The van der Waals surface area contributed by atoms with Crippen molar-refractivity contribution < 1.29 is 13.7 Å². The Hall–Kier alpha value is -2.89. The van der Waals surface area contributed by atoms with E-state index in [-0.39, 0.29) is 17.7 Å². The molecule has 3 aromatic rings. The Bertz CT molecular complexity index is 929. The van der Waals surface area contributed by atoms with Crippen molar-refractivity contribution >= 4 is 5.91 Å². The number of rotatable bonds is 5. The number of carbonyl (C=O) groups is 1. The lowest BCUT2D eigenvalue weighted by molar-refractivity contribution is 0.0656. The third-order valence-electron chi connectivity index (χ3n) is 5.18. The molecule has 0 radical (unpaired) electrons. The highest BCUT2D eigenvalue weighted by Gasteiger charge is 2.30. The molecule has 28 heavy (non-hydrogen) atoms. The summed E-state index contributed by atoms with van der Waals surface area (Å²) in [5.41, 5.74) is 1.99. The Kier molecular flexibility index (Phi) is 5.28. The molecule has 1 aliphatic heterocycles. The monoisotopic (exact) mass is 379 g/mol. The number of piperidine rings is 1. The van der Waals surface area contributed by atoms with Crippen molar-refractivity contribution in [1.29, 1.82) is 0 Å². The highest BCUT2D eigenvalue weighted by atomic mass is 16.5. The van der Waals surface area contributed by atoms with Crippen LogP contribution in [0, 0.1) is 0 Å². The summed E-state index contributed by atoms with van der Waals surface area (Å²) in [6, 6.07) is 11.9. The molecule has 1 aliphatic rings. The van der Waals surface area contributed by atoms with Crippen molar-refractivity contribution in [1.82, 2.24) is 15.0 Å². The summed E-state index contributed by atoms with van der Waals surface area (Å²) in [4.78, 5) is 19.1. The molecule has 6 heteroatoms. The molecule has 2 aromatic heterocycles. The summed E-state index contributed by atoms with van der Waals surface area (Å²) in [5.74, 6) is 2.09. The molecule has 1 atom stereocenters. The van der Waals surface area contributed by atoms with Gasteiger partial charge in [0.15, 0.2) is 5.89 Å². The summed E-state index contributed by atoms with van der Waals surface area (Å²) in [7, 11) is 0. The summed E-state index contributed by atoms with van der Waals surface area (Å²) in [5, 5.41) is 4.00.